The van der Waals surface area contributed by atoms with Crippen molar-refractivity contribution in [2.75, 3.05) is 11.1 Å². The van der Waals surface area contributed by atoms with E-state index < -0.39 is 0 Å². The lowest BCUT2D eigenvalue weighted by Crippen LogP contribution is -2.14. The average Bonchev–Trinajstić information content (AvgIpc) is 2.64. The Balaban J connectivity index is 1.56. The summed E-state index contributed by atoms with van der Waals surface area (Å²) in [6.45, 7) is 1.91. The Morgan fingerprint density at radius 1 is 1.04 bits per heavy atom. The lowest BCUT2D eigenvalue weighted by molar-refractivity contribution is -0.113. The maximum absolute atomic E-state index is 12.1. The number of nitrogens with zero attached hydrogens (tertiary/aromatic N) is 2. The molecule has 0 aliphatic carbocycles. The van der Waals surface area contributed by atoms with Gasteiger partial charge in [-0.05, 0) is 48.9 Å². The van der Waals surface area contributed by atoms with E-state index >= 15 is 0 Å². The van der Waals surface area contributed by atoms with Gasteiger partial charge in [0, 0.05) is 21.3 Å². The molecule has 0 aliphatic rings. The van der Waals surface area contributed by atoms with Crippen molar-refractivity contribution in [2.24, 2.45) is 0 Å². The van der Waals surface area contributed by atoms with Crippen LogP contribution in [-0.4, -0.2) is 21.9 Å². The van der Waals surface area contributed by atoms with Crippen molar-refractivity contribution in [3.8, 4) is 11.3 Å². The average molecular weight is 404 g/mol. The number of aromatic nitrogens is 2. The first-order valence-electron chi connectivity index (χ1n) is 7.80. The van der Waals surface area contributed by atoms with Crippen molar-refractivity contribution >= 4 is 46.6 Å². The van der Waals surface area contributed by atoms with Gasteiger partial charge in [-0.2, -0.15) is 0 Å². The minimum absolute atomic E-state index is 0.126. The summed E-state index contributed by atoms with van der Waals surface area (Å²) in [6, 6.07) is 16.5. The summed E-state index contributed by atoms with van der Waals surface area (Å²) in [5.74, 6) is 0.110. The van der Waals surface area contributed by atoms with Crippen LogP contribution in [-0.2, 0) is 4.79 Å². The second-order valence-electron chi connectivity index (χ2n) is 5.56. The molecule has 0 unspecified atom stereocenters. The van der Waals surface area contributed by atoms with Crippen LogP contribution in [0.4, 0.5) is 5.69 Å². The van der Waals surface area contributed by atoms with Gasteiger partial charge in [0.25, 0.3) is 0 Å². The minimum Gasteiger partial charge on any atom is -0.325 e. The topological polar surface area (TPSA) is 54.9 Å². The molecule has 0 radical (unpaired) electrons. The van der Waals surface area contributed by atoms with E-state index in [1.807, 2.05) is 55.5 Å². The van der Waals surface area contributed by atoms with E-state index in [0.717, 1.165) is 16.8 Å². The van der Waals surface area contributed by atoms with Crippen LogP contribution in [0.25, 0.3) is 11.3 Å². The van der Waals surface area contributed by atoms with Gasteiger partial charge in [0.05, 0.1) is 11.4 Å². The predicted molar refractivity (Wildman–Crippen MR) is 108 cm³/mol. The van der Waals surface area contributed by atoms with Gasteiger partial charge in [-0.1, -0.05) is 53.2 Å². The normalized spacial score (nSPS) is 10.6. The van der Waals surface area contributed by atoms with Crippen LogP contribution in [0.3, 0.4) is 0 Å². The summed E-state index contributed by atoms with van der Waals surface area (Å²) in [4.78, 5) is 12.1. The third-order valence-corrected chi connectivity index (χ3v) is 5.17. The molecule has 3 rings (SSSR count). The quantitative estimate of drug-likeness (QED) is 0.572. The van der Waals surface area contributed by atoms with Gasteiger partial charge in [-0.15, -0.1) is 10.2 Å². The zero-order valence-electron chi connectivity index (χ0n) is 13.9. The predicted octanol–water partition coefficient (Wildman–Crippen LogP) is 5.49. The van der Waals surface area contributed by atoms with Crippen molar-refractivity contribution in [1.82, 2.24) is 10.2 Å². The van der Waals surface area contributed by atoms with Gasteiger partial charge in [-0.3, -0.25) is 4.79 Å². The van der Waals surface area contributed by atoms with Crippen LogP contribution in [0.5, 0.6) is 0 Å². The number of benzene rings is 2. The van der Waals surface area contributed by atoms with Crippen molar-refractivity contribution in [3.05, 3.63) is 70.2 Å². The Labute approximate surface area is 165 Å². The smallest absolute Gasteiger partial charge is 0.234 e. The van der Waals surface area contributed by atoms with Gasteiger partial charge in [0.1, 0.15) is 5.03 Å². The number of carbonyl (C=O) groups excluding carboxylic acids is 1. The summed E-state index contributed by atoms with van der Waals surface area (Å²) >= 11 is 13.3. The Bertz CT molecular complexity index is 915. The summed E-state index contributed by atoms with van der Waals surface area (Å²) in [5, 5.41) is 13.2. The molecule has 0 fully saturated rings. The minimum atomic E-state index is -0.126. The lowest BCUT2D eigenvalue weighted by Gasteiger charge is -2.07. The van der Waals surface area contributed by atoms with Crippen LogP contribution in [0.1, 0.15) is 5.56 Å². The number of rotatable bonds is 5. The molecule has 2 aromatic carbocycles. The molecule has 1 amide bonds. The third kappa shape index (κ3) is 4.97. The van der Waals surface area contributed by atoms with Gasteiger partial charge >= 0.3 is 0 Å². The number of hydrogen-bond acceptors (Lipinski definition) is 4. The van der Waals surface area contributed by atoms with Gasteiger partial charge in [0.15, 0.2) is 0 Å². The van der Waals surface area contributed by atoms with Crippen LogP contribution in [0.2, 0.25) is 10.0 Å². The molecule has 26 heavy (non-hydrogen) atoms. The second-order valence-corrected chi connectivity index (χ2v) is 7.40. The molecule has 1 heterocycles. The van der Waals surface area contributed by atoms with Crippen molar-refractivity contribution < 1.29 is 4.79 Å². The molecule has 3 aromatic rings. The summed E-state index contributed by atoms with van der Waals surface area (Å²) in [6.07, 6.45) is 0. The first-order chi connectivity index (χ1) is 12.5. The number of halogens is 2. The fourth-order valence-electron chi connectivity index (χ4n) is 2.18. The molecule has 4 nitrogen and oxygen atoms in total. The standard InChI is InChI=1S/C19H15Cl2N3OS/c1-12-2-7-15(10-16(12)21)22-18(25)11-26-19-9-8-17(23-24-19)13-3-5-14(20)6-4-13/h2-10H,11H2,1H3,(H,22,25). The molecule has 132 valence electrons. The number of nitrogens with one attached hydrogen (secondary N) is 1. The van der Waals surface area contributed by atoms with Crippen molar-refractivity contribution in [3.63, 3.8) is 0 Å². The van der Waals surface area contributed by atoms with Gasteiger partial charge < -0.3 is 5.32 Å². The number of aryl methyl sites for hydroxylation is 1. The highest BCUT2D eigenvalue weighted by Crippen LogP contribution is 2.23. The molecule has 0 bridgehead atoms. The van der Waals surface area contributed by atoms with E-state index in [4.69, 9.17) is 23.2 Å². The zero-order chi connectivity index (χ0) is 18.5. The van der Waals surface area contributed by atoms with E-state index in [1.54, 1.807) is 6.07 Å². The second kappa shape index (κ2) is 8.54. The molecule has 0 spiro atoms. The zero-order valence-corrected chi connectivity index (χ0v) is 16.2. The largest absolute Gasteiger partial charge is 0.325 e. The van der Waals surface area contributed by atoms with E-state index in [2.05, 4.69) is 15.5 Å². The van der Waals surface area contributed by atoms with E-state index in [0.29, 0.717) is 20.8 Å². The fourth-order valence-corrected chi connectivity index (χ4v) is 3.10. The van der Waals surface area contributed by atoms with Gasteiger partial charge in [-0.25, -0.2) is 0 Å². The highest BCUT2D eigenvalue weighted by atomic mass is 35.5. The first kappa shape index (κ1) is 18.7. The molecule has 0 aliphatic heterocycles. The Morgan fingerprint density at radius 2 is 1.81 bits per heavy atom. The van der Waals surface area contributed by atoms with Crippen LogP contribution in [0, 0.1) is 6.92 Å². The molecule has 7 heteroatoms. The molecular weight excluding hydrogens is 389 g/mol. The summed E-state index contributed by atoms with van der Waals surface area (Å²) < 4.78 is 0. The highest BCUT2D eigenvalue weighted by Gasteiger charge is 2.07. The molecular formula is C19H15Cl2N3OS. The van der Waals surface area contributed by atoms with Crippen LogP contribution < -0.4 is 5.32 Å². The molecule has 0 saturated carbocycles. The number of anilines is 1. The lowest BCUT2D eigenvalue weighted by atomic mass is 10.1. The maximum Gasteiger partial charge on any atom is 0.234 e. The van der Waals surface area contributed by atoms with Gasteiger partial charge in [0.2, 0.25) is 5.91 Å². The fraction of sp³-hybridized carbons (Fsp3) is 0.105. The Hall–Kier alpha value is -2.08. The first-order valence-corrected chi connectivity index (χ1v) is 9.54. The number of hydrogen-bond donors (Lipinski definition) is 1. The molecule has 1 N–H and O–H groups in total. The Morgan fingerprint density at radius 3 is 2.46 bits per heavy atom. The van der Waals surface area contributed by atoms with Crippen LogP contribution >= 0.6 is 35.0 Å². The monoisotopic (exact) mass is 403 g/mol. The van der Waals surface area contributed by atoms with Crippen LogP contribution in [0.15, 0.2) is 59.6 Å². The number of amides is 1. The summed E-state index contributed by atoms with van der Waals surface area (Å²) in [5.41, 5.74) is 3.34. The SMILES string of the molecule is Cc1ccc(NC(=O)CSc2ccc(-c3ccc(Cl)cc3)nn2)cc1Cl. The molecule has 0 atom stereocenters. The van der Waals surface area contributed by atoms with E-state index in [-0.39, 0.29) is 11.7 Å². The Kier molecular flexibility index (Phi) is 6.14. The van der Waals surface area contributed by atoms with E-state index in [1.165, 1.54) is 11.8 Å². The van der Waals surface area contributed by atoms with Crippen molar-refractivity contribution in [2.45, 2.75) is 11.9 Å². The molecule has 0 saturated heterocycles. The number of carbonyl (C=O) groups is 1. The highest BCUT2D eigenvalue weighted by molar-refractivity contribution is 7.99. The van der Waals surface area contributed by atoms with Crippen molar-refractivity contribution in [1.29, 1.82) is 0 Å². The third-order valence-electron chi connectivity index (χ3n) is 3.59. The maximum atomic E-state index is 12.1. The summed E-state index contributed by atoms with van der Waals surface area (Å²) in [7, 11) is 0. The van der Waals surface area contributed by atoms with E-state index in [9.17, 15) is 4.79 Å². The molecule has 1 aromatic heterocycles. The number of thioether (sulfide) groups is 1.